The molecule has 0 bridgehead atoms. The molecule has 0 heterocycles. The largest absolute Gasteiger partial charge is 0.0955 e. The van der Waals surface area contributed by atoms with Crippen LogP contribution in [0.5, 0.6) is 0 Å². The third kappa shape index (κ3) is 6.78. The second-order valence-electron chi connectivity index (χ2n) is 4.65. The van der Waals surface area contributed by atoms with Crippen molar-refractivity contribution in [1.82, 2.24) is 0 Å². The minimum Gasteiger partial charge on any atom is -0.0955 e. The molecule has 0 aromatic heterocycles. The molecule has 0 heteroatoms. The van der Waals surface area contributed by atoms with Crippen LogP contribution in [0.3, 0.4) is 0 Å². The Hall–Kier alpha value is -1.30. The van der Waals surface area contributed by atoms with Crippen LogP contribution in [0.4, 0.5) is 0 Å². The third-order valence-corrected chi connectivity index (χ3v) is 2.76. The van der Waals surface area contributed by atoms with Crippen molar-refractivity contribution < 1.29 is 0 Å². The van der Waals surface area contributed by atoms with Crippen LogP contribution in [0, 0.1) is 13.8 Å². The van der Waals surface area contributed by atoms with Crippen molar-refractivity contribution in [3.05, 3.63) is 53.1 Å². The molecular formula is C17H26. The minimum atomic E-state index is 1.14. The van der Waals surface area contributed by atoms with Crippen LogP contribution in [0.15, 0.2) is 36.4 Å². The van der Waals surface area contributed by atoms with Gasteiger partial charge in [-0.1, -0.05) is 60.1 Å². The Morgan fingerprint density at radius 3 is 1.82 bits per heavy atom. The highest BCUT2D eigenvalue weighted by Crippen LogP contribution is 2.15. The van der Waals surface area contributed by atoms with Crippen LogP contribution in [-0.2, 0) is 0 Å². The summed E-state index contributed by atoms with van der Waals surface area (Å²) < 4.78 is 0. The minimum absolute atomic E-state index is 1.14. The molecule has 0 unspecified atom stereocenters. The first-order chi connectivity index (χ1) is 7.90. The normalized spacial score (nSPS) is 10.6. The van der Waals surface area contributed by atoms with Gasteiger partial charge in [0.25, 0.3) is 0 Å². The summed E-state index contributed by atoms with van der Waals surface area (Å²) >= 11 is 0. The van der Waals surface area contributed by atoms with Crippen LogP contribution < -0.4 is 0 Å². The van der Waals surface area contributed by atoms with E-state index in [9.17, 15) is 0 Å². The number of hydrogen-bond donors (Lipinski definition) is 0. The monoisotopic (exact) mass is 230 g/mol. The number of benzene rings is 1. The smallest absolute Gasteiger partial charge is 0.0228 e. The molecule has 1 aromatic rings. The van der Waals surface area contributed by atoms with Crippen molar-refractivity contribution in [2.45, 2.75) is 48.0 Å². The van der Waals surface area contributed by atoms with Gasteiger partial charge in [-0.05, 0) is 46.6 Å². The van der Waals surface area contributed by atoms with E-state index >= 15 is 0 Å². The first kappa shape index (κ1) is 15.7. The van der Waals surface area contributed by atoms with E-state index in [4.69, 9.17) is 0 Å². The number of rotatable bonds is 2. The quantitative estimate of drug-likeness (QED) is 0.572. The summed E-state index contributed by atoms with van der Waals surface area (Å²) in [5.41, 5.74) is 6.47. The van der Waals surface area contributed by atoms with Crippen LogP contribution in [0.25, 0.3) is 5.57 Å². The fraction of sp³-hybridized carbons (Fsp3) is 0.412. The molecule has 0 spiro atoms. The summed E-state index contributed by atoms with van der Waals surface area (Å²) in [4.78, 5) is 0. The van der Waals surface area contributed by atoms with Gasteiger partial charge in [-0.15, -0.1) is 0 Å². The maximum atomic E-state index is 3.91. The molecule has 0 saturated heterocycles. The van der Waals surface area contributed by atoms with E-state index in [-0.39, 0.29) is 0 Å². The van der Waals surface area contributed by atoms with Gasteiger partial charge in [-0.2, -0.15) is 0 Å². The number of hydrogen-bond acceptors (Lipinski definition) is 0. The Kier molecular flexibility index (Phi) is 7.29. The lowest BCUT2D eigenvalue weighted by Crippen LogP contribution is -1.82. The Morgan fingerprint density at radius 2 is 1.59 bits per heavy atom. The lowest BCUT2D eigenvalue weighted by Gasteiger charge is -2.02. The van der Waals surface area contributed by atoms with Crippen molar-refractivity contribution in [1.29, 1.82) is 0 Å². The van der Waals surface area contributed by atoms with Crippen LogP contribution in [-0.4, -0.2) is 0 Å². The molecule has 0 radical (unpaired) electrons. The van der Waals surface area contributed by atoms with Crippen molar-refractivity contribution in [2.24, 2.45) is 0 Å². The Morgan fingerprint density at radius 1 is 1.12 bits per heavy atom. The summed E-state index contributed by atoms with van der Waals surface area (Å²) in [6.07, 6.45) is 3.33. The molecule has 17 heavy (non-hydrogen) atoms. The average molecular weight is 230 g/mol. The van der Waals surface area contributed by atoms with Crippen molar-refractivity contribution >= 4 is 5.57 Å². The standard InChI is InChI=1S/C11H14.C6H12/c1-8(2)11-6-9(3)5-10(4)7-11;1-4-6(3)5-2/h5-7H,1H2,2-4H3;4H,5H2,1-3H3/b;6-4+. The van der Waals surface area contributed by atoms with E-state index in [0.29, 0.717) is 0 Å². The molecule has 0 amide bonds. The molecule has 0 fully saturated rings. The predicted octanol–water partition coefficient (Wildman–Crippen LogP) is 5.70. The lowest BCUT2D eigenvalue weighted by atomic mass is 10.0. The average Bonchev–Trinajstić information content (AvgIpc) is 2.27. The number of aryl methyl sites for hydroxylation is 2. The van der Waals surface area contributed by atoms with Gasteiger partial charge >= 0.3 is 0 Å². The van der Waals surface area contributed by atoms with Crippen molar-refractivity contribution in [3.8, 4) is 0 Å². The molecule has 0 nitrogen and oxygen atoms in total. The van der Waals surface area contributed by atoms with Crippen molar-refractivity contribution in [2.75, 3.05) is 0 Å². The summed E-state index contributed by atoms with van der Waals surface area (Å²) in [5, 5.41) is 0. The van der Waals surface area contributed by atoms with E-state index in [1.165, 1.54) is 28.7 Å². The predicted molar refractivity (Wildman–Crippen MR) is 80.3 cm³/mol. The van der Waals surface area contributed by atoms with Crippen LogP contribution in [0.1, 0.15) is 50.8 Å². The topological polar surface area (TPSA) is 0 Å². The molecule has 0 atom stereocenters. The van der Waals surface area contributed by atoms with Gasteiger partial charge in [0, 0.05) is 0 Å². The molecule has 94 valence electrons. The first-order valence-corrected chi connectivity index (χ1v) is 6.26. The second kappa shape index (κ2) is 7.89. The van der Waals surface area contributed by atoms with Gasteiger partial charge < -0.3 is 0 Å². The molecule has 1 aromatic carbocycles. The van der Waals surface area contributed by atoms with Gasteiger partial charge in [0.1, 0.15) is 0 Å². The molecule has 1 rings (SSSR count). The SMILES string of the molecule is C/C=C(\C)CC.C=C(C)c1cc(C)cc(C)c1. The van der Waals surface area contributed by atoms with Crippen molar-refractivity contribution in [3.63, 3.8) is 0 Å². The van der Waals surface area contributed by atoms with Gasteiger partial charge in [0.2, 0.25) is 0 Å². The Labute approximate surface area is 107 Å². The van der Waals surface area contributed by atoms with E-state index in [2.05, 4.69) is 65.5 Å². The highest BCUT2D eigenvalue weighted by molar-refractivity contribution is 5.62. The highest BCUT2D eigenvalue weighted by atomic mass is 14.0. The van der Waals surface area contributed by atoms with E-state index < -0.39 is 0 Å². The van der Waals surface area contributed by atoms with Gasteiger partial charge in [0.05, 0.1) is 0 Å². The lowest BCUT2D eigenvalue weighted by molar-refractivity contribution is 1.09. The second-order valence-corrected chi connectivity index (χ2v) is 4.65. The van der Waals surface area contributed by atoms with Gasteiger partial charge in [-0.25, -0.2) is 0 Å². The molecule has 0 aliphatic carbocycles. The highest BCUT2D eigenvalue weighted by Gasteiger charge is 1.94. The van der Waals surface area contributed by atoms with E-state index in [1.807, 2.05) is 6.92 Å². The Balaban J connectivity index is 0.000000366. The third-order valence-electron chi connectivity index (χ3n) is 2.76. The zero-order valence-corrected chi connectivity index (χ0v) is 12.2. The summed E-state index contributed by atoms with van der Waals surface area (Å²) in [7, 11) is 0. The molecular weight excluding hydrogens is 204 g/mol. The molecule has 0 aliphatic heterocycles. The maximum absolute atomic E-state index is 3.91. The van der Waals surface area contributed by atoms with E-state index in [0.717, 1.165) is 5.57 Å². The Bertz CT molecular complexity index is 374. The van der Waals surface area contributed by atoms with Gasteiger partial charge in [0.15, 0.2) is 0 Å². The summed E-state index contributed by atoms with van der Waals surface area (Å²) in [5.74, 6) is 0. The van der Waals surface area contributed by atoms with Crippen LogP contribution in [0.2, 0.25) is 0 Å². The number of allylic oxidation sites excluding steroid dienone is 3. The van der Waals surface area contributed by atoms with E-state index in [1.54, 1.807) is 0 Å². The summed E-state index contributed by atoms with van der Waals surface area (Å²) in [6.45, 7) is 16.5. The summed E-state index contributed by atoms with van der Waals surface area (Å²) in [6, 6.07) is 6.50. The zero-order chi connectivity index (χ0) is 13.4. The fourth-order valence-electron chi connectivity index (χ4n) is 1.43. The molecule has 0 aliphatic rings. The zero-order valence-electron chi connectivity index (χ0n) is 12.2. The fourth-order valence-corrected chi connectivity index (χ4v) is 1.43. The molecule has 0 saturated carbocycles. The van der Waals surface area contributed by atoms with Crippen LogP contribution >= 0.6 is 0 Å². The van der Waals surface area contributed by atoms with Gasteiger partial charge in [-0.3, -0.25) is 0 Å². The molecule has 0 N–H and O–H groups in total. The maximum Gasteiger partial charge on any atom is -0.0228 e. The first-order valence-electron chi connectivity index (χ1n) is 6.26.